The minimum Gasteiger partial charge on any atom is -0.466 e. The van der Waals surface area contributed by atoms with Gasteiger partial charge in [0.15, 0.2) is 0 Å². The van der Waals surface area contributed by atoms with Crippen LogP contribution in [-0.4, -0.2) is 22.9 Å². The Morgan fingerprint density at radius 3 is 2.83 bits per heavy atom. The summed E-state index contributed by atoms with van der Waals surface area (Å²) in [5.41, 5.74) is -0.328. The van der Waals surface area contributed by atoms with Crippen molar-refractivity contribution in [3.63, 3.8) is 0 Å². The second-order valence-electron chi connectivity index (χ2n) is 5.30. The lowest BCUT2D eigenvalue weighted by Gasteiger charge is -2.31. The molecule has 2 fully saturated rings. The van der Waals surface area contributed by atoms with Crippen molar-refractivity contribution >= 4 is 5.91 Å². The van der Waals surface area contributed by atoms with E-state index in [4.69, 9.17) is 4.42 Å². The van der Waals surface area contributed by atoms with Crippen molar-refractivity contribution in [2.24, 2.45) is 0 Å². The lowest BCUT2D eigenvalue weighted by Crippen LogP contribution is -2.48. The number of nitrogens with zero attached hydrogens (tertiary/aromatic N) is 1. The van der Waals surface area contributed by atoms with Crippen LogP contribution in [0.3, 0.4) is 0 Å². The van der Waals surface area contributed by atoms with Crippen molar-refractivity contribution in [1.82, 2.24) is 10.2 Å². The quantitative estimate of drug-likeness (QED) is 0.874. The Morgan fingerprint density at radius 2 is 2.22 bits per heavy atom. The molecule has 1 amide bonds. The summed E-state index contributed by atoms with van der Waals surface area (Å²) < 4.78 is 5.48. The SMILES string of the molecule is CCN1C(=O)C2(CCCCC2)NC1c1ccco1. The van der Waals surface area contributed by atoms with Gasteiger partial charge in [-0.3, -0.25) is 10.1 Å². The smallest absolute Gasteiger partial charge is 0.244 e. The third-order valence-corrected chi connectivity index (χ3v) is 4.26. The van der Waals surface area contributed by atoms with E-state index in [2.05, 4.69) is 5.32 Å². The van der Waals surface area contributed by atoms with Gasteiger partial charge in [-0.25, -0.2) is 0 Å². The Labute approximate surface area is 107 Å². The average molecular weight is 248 g/mol. The maximum absolute atomic E-state index is 12.6. The molecule has 1 saturated carbocycles. The third-order valence-electron chi connectivity index (χ3n) is 4.26. The first-order chi connectivity index (χ1) is 8.77. The van der Waals surface area contributed by atoms with E-state index in [9.17, 15) is 4.79 Å². The fourth-order valence-electron chi connectivity index (χ4n) is 3.30. The van der Waals surface area contributed by atoms with E-state index < -0.39 is 0 Å². The van der Waals surface area contributed by atoms with Crippen molar-refractivity contribution in [3.8, 4) is 0 Å². The molecular formula is C14H20N2O2. The van der Waals surface area contributed by atoms with Gasteiger partial charge in [-0.1, -0.05) is 19.3 Å². The van der Waals surface area contributed by atoms with Crippen LogP contribution in [0.15, 0.2) is 22.8 Å². The summed E-state index contributed by atoms with van der Waals surface area (Å²) in [7, 11) is 0. The molecule has 4 nitrogen and oxygen atoms in total. The van der Waals surface area contributed by atoms with Gasteiger partial charge in [-0.15, -0.1) is 0 Å². The Morgan fingerprint density at radius 1 is 1.44 bits per heavy atom. The molecule has 1 aromatic heterocycles. The molecule has 2 aliphatic rings. The molecule has 1 unspecified atom stereocenters. The van der Waals surface area contributed by atoms with E-state index in [1.54, 1.807) is 6.26 Å². The first-order valence-electron chi connectivity index (χ1n) is 6.89. The van der Waals surface area contributed by atoms with Crippen LogP contribution in [0.2, 0.25) is 0 Å². The maximum atomic E-state index is 12.6. The minimum absolute atomic E-state index is 0.0874. The molecule has 2 heterocycles. The number of nitrogens with one attached hydrogen (secondary N) is 1. The van der Waals surface area contributed by atoms with Crippen molar-refractivity contribution in [1.29, 1.82) is 0 Å². The molecule has 0 bridgehead atoms. The van der Waals surface area contributed by atoms with Crippen molar-refractivity contribution in [2.75, 3.05) is 6.54 Å². The van der Waals surface area contributed by atoms with Gasteiger partial charge in [0.2, 0.25) is 5.91 Å². The largest absolute Gasteiger partial charge is 0.466 e. The summed E-state index contributed by atoms with van der Waals surface area (Å²) in [6.45, 7) is 2.75. The van der Waals surface area contributed by atoms with E-state index >= 15 is 0 Å². The molecule has 4 heteroatoms. The van der Waals surface area contributed by atoms with E-state index in [-0.39, 0.29) is 17.6 Å². The molecule has 0 radical (unpaired) electrons. The van der Waals surface area contributed by atoms with Gasteiger partial charge in [-0.2, -0.15) is 0 Å². The summed E-state index contributed by atoms with van der Waals surface area (Å²) in [5, 5.41) is 3.54. The van der Waals surface area contributed by atoms with E-state index in [0.717, 1.165) is 38.0 Å². The van der Waals surface area contributed by atoms with Crippen LogP contribution in [-0.2, 0) is 4.79 Å². The standard InChI is InChI=1S/C14H20N2O2/c1-2-16-12(11-7-6-10-18-11)15-14(13(16)17)8-4-3-5-9-14/h6-7,10,12,15H,2-5,8-9H2,1H3. The van der Waals surface area contributed by atoms with Gasteiger partial charge in [0.05, 0.1) is 11.8 Å². The summed E-state index contributed by atoms with van der Waals surface area (Å²) in [6, 6.07) is 3.82. The molecule has 3 rings (SSSR count). The molecule has 1 saturated heterocycles. The molecule has 1 aromatic rings. The topological polar surface area (TPSA) is 45.5 Å². The Hall–Kier alpha value is -1.29. The van der Waals surface area contributed by atoms with Gasteiger partial charge in [-0.05, 0) is 31.9 Å². The normalized spacial score (nSPS) is 27.1. The second kappa shape index (κ2) is 4.43. The van der Waals surface area contributed by atoms with E-state index in [1.807, 2.05) is 24.0 Å². The van der Waals surface area contributed by atoms with Crippen LogP contribution in [0, 0.1) is 0 Å². The van der Waals surface area contributed by atoms with E-state index in [1.165, 1.54) is 6.42 Å². The molecular weight excluding hydrogens is 228 g/mol. The molecule has 1 aliphatic carbocycles. The Balaban J connectivity index is 1.90. The first kappa shape index (κ1) is 11.8. The predicted molar refractivity (Wildman–Crippen MR) is 67.8 cm³/mol. The monoisotopic (exact) mass is 248 g/mol. The summed E-state index contributed by atoms with van der Waals surface area (Å²) in [4.78, 5) is 14.5. The zero-order chi connectivity index (χ0) is 12.6. The first-order valence-corrected chi connectivity index (χ1v) is 6.89. The number of hydrogen-bond acceptors (Lipinski definition) is 3. The second-order valence-corrected chi connectivity index (χ2v) is 5.30. The lowest BCUT2D eigenvalue weighted by atomic mass is 9.82. The highest BCUT2D eigenvalue weighted by Crippen LogP contribution is 2.39. The molecule has 1 spiro atoms. The van der Waals surface area contributed by atoms with Crippen LogP contribution >= 0.6 is 0 Å². The van der Waals surface area contributed by atoms with Gasteiger partial charge in [0.25, 0.3) is 0 Å². The van der Waals surface area contributed by atoms with Crippen LogP contribution < -0.4 is 5.32 Å². The number of amides is 1. The van der Waals surface area contributed by atoms with Crippen LogP contribution in [0.1, 0.15) is 51.0 Å². The molecule has 98 valence electrons. The lowest BCUT2D eigenvalue weighted by molar-refractivity contribution is -0.134. The molecule has 1 N–H and O–H groups in total. The van der Waals surface area contributed by atoms with Crippen molar-refractivity contribution in [3.05, 3.63) is 24.2 Å². The van der Waals surface area contributed by atoms with Crippen LogP contribution in [0.25, 0.3) is 0 Å². The minimum atomic E-state index is -0.328. The number of carbonyl (C=O) groups is 1. The van der Waals surface area contributed by atoms with E-state index in [0.29, 0.717) is 0 Å². The number of rotatable bonds is 2. The number of hydrogen-bond donors (Lipinski definition) is 1. The zero-order valence-corrected chi connectivity index (χ0v) is 10.8. The maximum Gasteiger partial charge on any atom is 0.244 e. The molecule has 1 atom stereocenters. The fourth-order valence-corrected chi connectivity index (χ4v) is 3.30. The third kappa shape index (κ3) is 1.67. The average Bonchev–Trinajstić information content (AvgIpc) is 3.00. The highest BCUT2D eigenvalue weighted by molar-refractivity contribution is 5.89. The predicted octanol–water partition coefficient (Wildman–Crippen LogP) is 2.43. The molecule has 1 aliphatic heterocycles. The van der Waals surface area contributed by atoms with Gasteiger partial charge in [0.1, 0.15) is 11.9 Å². The van der Waals surface area contributed by atoms with Crippen LogP contribution in [0.4, 0.5) is 0 Å². The van der Waals surface area contributed by atoms with Crippen molar-refractivity contribution in [2.45, 2.75) is 50.7 Å². The number of furan rings is 1. The Kier molecular flexibility index (Phi) is 2.90. The summed E-state index contributed by atoms with van der Waals surface area (Å²) >= 11 is 0. The van der Waals surface area contributed by atoms with Gasteiger partial charge >= 0.3 is 0 Å². The zero-order valence-electron chi connectivity index (χ0n) is 10.8. The summed E-state index contributed by atoms with van der Waals surface area (Å²) in [5.74, 6) is 1.10. The number of carbonyl (C=O) groups excluding carboxylic acids is 1. The van der Waals surface area contributed by atoms with Gasteiger partial charge in [0, 0.05) is 6.54 Å². The Bertz CT molecular complexity index is 421. The van der Waals surface area contributed by atoms with Gasteiger partial charge < -0.3 is 9.32 Å². The summed E-state index contributed by atoms with van der Waals surface area (Å²) in [6.07, 6.45) is 7.02. The molecule has 18 heavy (non-hydrogen) atoms. The highest BCUT2D eigenvalue weighted by atomic mass is 16.3. The molecule has 0 aromatic carbocycles. The van der Waals surface area contributed by atoms with Crippen molar-refractivity contribution < 1.29 is 9.21 Å². The fraction of sp³-hybridized carbons (Fsp3) is 0.643. The number of likely N-dealkylation sites (N-methyl/N-ethyl adjacent to an activating group) is 1. The van der Waals surface area contributed by atoms with Crippen LogP contribution in [0.5, 0.6) is 0 Å². The highest BCUT2D eigenvalue weighted by Gasteiger charge is 2.51.